The number of nitrogens with one attached hydrogen (secondary N) is 1. The van der Waals surface area contributed by atoms with Gasteiger partial charge in [0.25, 0.3) is 5.56 Å². The molecule has 0 unspecified atom stereocenters. The highest BCUT2D eigenvalue weighted by Crippen LogP contribution is 2.00. The van der Waals surface area contributed by atoms with E-state index < -0.39 is 18.2 Å². The molecule has 2 rings (SSSR count). The van der Waals surface area contributed by atoms with Crippen molar-refractivity contribution in [2.45, 2.75) is 0 Å². The molecule has 0 fully saturated rings. The fraction of sp³-hybridized carbons (Fsp3) is 0.286. The van der Waals surface area contributed by atoms with E-state index in [1.54, 1.807) is 7.05 Å². The normalized spacial score (nSPS) is 15.3. The molecule has 0 saturated heterocycles. The Morgan fingerprint density at radius 2 is 2.38 bits per heavy atom. The molecule has 0 aromatic carbocycles. The summed E-state index contributed by atoms with van der Waals surface area (Å²) in [5, 5.41) is 0. The van der Waals surface area contributed by atoms with E-state index in [1.165, 1.54) is 10.9 Å². The standard InChI is InChI=1S/C7H8N4O2/c1-10-3-8-5-4(10)6(12)9-7(13)11(5)2/h3H,1-2H3,(H,9,12,13)/i2D3. The van der Waals surface area contributed by atoms with Crippen molar-refractivity contribution in [1.82, 2.24) is 19.1 Å². The maximum atomic E-state index is 11.4. The van der Waals surface area contributed by atoms with Gasteiger partial charge in [-0.15, -0.1) is 0 Å². The minimum absolute atomic E-state index is 0.0516. The van der Waals surface area contributed by atoms with E-state index in [0.717, 1.165) is 0 Å². The third-order valence-corrected chi connectivity index (χ3v) is 1.77. The molecule has 0 atom stereocenters. The third-order valence-electron chi connectivity index (χ3n) is 1.77. The van der Waals surface area contributed by atoms with Gasteiger partial charge in [0.1, 0.15) is 0 Å². The van der Waals surface area contributed by atoms with Gasteiger partial charge < -0.3 is 4.57 Å². The number of fused-ring (bicyclic) bond motifs is 1. The summed E-state index contributed by atoms with van der Waals surface area (Å²) in [5.74, 6) is 0. The molecule has 2 heterocycles. The summed E-state index contributed by atoms with van der Waals surface area (Å²) in [5.41, 5.74) is -1.73. The lowest BCUT2D eigenvalue weighted by Crippen LogP contribution is -2.28. The predicted octanol–water partition coefficient (Wildman–Crippen LogP) is -1.04. The van der Waals surface area contributed by atoms with E-state index in [9.17, 15) is 9.59 Å². The van der Waals surface area contributed by atoms with E-state index in [4.69, 9.17) is 4.11 Å². The number of aryl methyl sites for hydroxylation is 2. The van der Waals surface area contributed by atoms with E-state index in [2.05, 4.69) is 4.98 Å². The summed E-state index contributed by atoms with van der Waals surface area (Å²) in [6.07, 6.45) is 1.28. The molecule has 2 aromatic rings. The summed E-state index contributed by atoms with van der Waals surface area (Å²) in [7, 11) is 1.54. The number of imidazole rings is 1. The highest BCUT2D eigenvalue weighted by Gasteiger charge is 2.08. The van der Waals surface area contributed by atoms with Crippen LogP contribution in [0.15, 0.2) is 15.9 Å². The molecule has 68 valence electrons. The van der Waals surface area contributed by atoms with Crippen LogP contribution in [0.4, 0.5) is 0 Å². The van der Waals surface area contributed by atoms with Gasteiger partial charge in [0.05, 0.1) is 6.33 Å². The van der Waals surface area contributed by atoms with Gasteiger partial charge in [0.2, 0.25) is 0 Å². The molecule has 0 aliphatic carbocycles. The van der Waals surface area contributed by atoms with Crippen LogP contribution >= 0.6 is 0 Å². The van der Waals surface area contributed by atoms with Gasteiger partial charge in [-0.05, 0) is 0 Å². The number of rotatable bonds is 0. The largest absolute Gasteiger partial charge is 0.329 e. The van der Waals surface area contributed by atoms with Gasteiger partial charge in [0, 0.05) is 18.1 Å². The van der Waals surface area contributed by atoms with Crippen LogP contribution in [-0.2, 0) is 14.0 Å². The number of aromatic nitrogens is 4. The number of aromatic amines is 1. The summed E-state index contributed by atoms with van der Waals surface area (Å²) in [6, 6.07) is 0. The van der Waals surface area contributed by atoms with Crippen LogP contribution < -0.4 is 11.2 Å². The second-order valence-corrected chi connectivity index (χ2v) is 2.62. The SMILES string of the molecule is [2H]C([2H])([2H])n1c(=O)[nH]c(=O)c2c1ncn2C. The van der Waals surface area contributed by atoms with Crippen LogP contribution in [0.25, 0.3) is 11.2 Å². The first-order chi connectivity index (χ1) is 7.32. The molecular formula is C7H8N4O2. The predicted molar refractivity (Wildman–Crippen MR) is 46.6 cm³/mol. The molecule has 6 heteroatoms. The third kappa shape index (κ3) is 0.915. The van der Waals surface area contributed by atoms with Gasteiger partial charge in [0.15, 0.2) is 11.2 Å². The zero-order chi connectivity index (χ0) is 12.1. The fourth-order valence-electron chi connectivity index (χ4n) is 1.15. The van der Waals surface area contributed by atoms with Gasteiger partial charge in [-0.2, -0.15) is 0 Å². The molecule has 2 aromatic heterocycles. The number of H-pyrrole nitrogens is 1. The van der Waals surface area contributed by atoms with Crippen molar-refractivity contribution in [3.05, 3.63) is 27.2 Å². The minimum atomic E-state index is -2.67. The Kier molecular flexibility index (Phi) is 0.892. The Morgan fingerprint density at radius 3 is 3.08 bits per heavy atom. The molecule has 0 aliphatic heterocycles. The second-order valence-electron chi connectivity index (χ2n) is 2.62. The first-order valence-corrected chi connectivity index (χ1v) is 3.49. The van der Waals surface area contributed by atoms with Crippen LogP contribution in [0.5, 0.6) is 0 Å². The topological polar surface area (TPSA) is 72.7 Å². The summed E-state index contributed by atoms with van der Waals surface area (Å²) in [6.45, 7) is -2.67. The Labute approximate surface area is 76.7 Å². The van der Waals surface area contributed by atoms with E-state index in [1.807, 2.05) is 4.98 Å². The van der Waals surface area contributed by atoms with Crippen molar-refractivity contribution in [2.24, 2.45) is 14.0 Å². The maximum Gasteiger partial charge on any atom is 0.329 e. The molecule has 13 heavy (non-hydrogen) atoms. The maximum absolute atomic E-state index is 11.4. The van der Waals surface area contributed by atoms with Gasteiger partial charge in [-0.3, -0.25) is 14.3 Å². The number of hydrogen-bond acceptors (Lipinski definition) is 3. The molecule has 0 saturated carbocycles. The van der Waals surface area contributed by atoms with Crippen molar-refractivity contribution in [1.29, 1.82) is 0 Å². The first kappa shape index (κ1) is 5.00. The van der Waals surface area contributed by atoms with Gasteiger partial charge in [-0.1, -0.05) is 0 Å². The second kappa shape index (κ2) is 2.32. The van der Waals surface area contributed by atoms with E-state index >= 15 is 0 Å². The Bertz CT molecular complexity index is 663. The van der Waals surface area contributed by atoms with Crippen LogP contribution in [0.1, 0.15) is 4.11 Å². The molecule has 6 nitrogen and oxygen atoms in total. The summed E-state index contributed by atoms with van der Waals surface area (Å²) < 4.78 is 23.4. The van der Waals surface area contributed by atoms with E-state index in [0.29, 0.717) is 4.57 Å². The minimum Gasteiger partial charge on any atom is -0.328 e. The molecule has 0 bridgehead atoms. The van der Waals surface area contributed by atoms with Crippen LogP contribution in [0.3, 0.4) is 0 Å². The Balaban J connectivity index is 3.06. The van der Waals surface area contributed by atoms with Crippen molar-refractivity contribution in [2.75, 3.05) is 0 Å². The van der Waals surface area contributed by atoms with Crippen molar-refractivity contribution < 1.29 is 4.11 Å². The highest BCUT2D eigenvalue weighted by molar-refractivity contribution is 5.69. The summed E-state index contributed by atoms with van der Waals surface area (Å²) >= 11 is 0. The molecular weight excluding hydrogens is 172 g/mol. The van der Waals surface area contributed by atoms with Crippen LogP contribution in [0.2, 0.25) is 0 Å². The molecule has 0 aliphatic rings. The fourth-order valence-corrected chi connectivity index (χ4v) is 1.15. The number of nitrogens with zero attached hydrogens (tertiary/aromatic N) is 3. The zero-order valence-corrected chi connectivity index (χ0v) is 6.74. The van der Waals surface area contributed by atoms with Crippen molar-refractivity contribution >= 4 is 11.2 Å². The highest BCUT2D eigenvalue weighted by atomic mass is 16.2. The molecule has 0 radical (unpaired) electrons. The smallest absolute Gasteiger partial charge is 0.328 e. The molecule has 1 N–H and O–H groups in total. The monoisotopic (exact) mass is 183 g/mol. The van der Waals surface area contributed by atoms with Crippen molar-refractivity contribution in [3.8, 4) is 0 Å². The van der Waals surface area contributed by atoms with E-state index in [-0.39, 0.29) is 11.2 Å². The molecule has 0 amide bonds. The average Bonchev–Trinajstić information content (AvgIpc) is 2.45. The summed E-state index contributed by atoms with van der Waals surface area (Å²) in [4.78, 5) is 28.6. The lowest BCUT2D eigenvalue weighted by molar-refractivity contribution is 0.829. The average molecular weight is 183 g/mol. The zero-order valence-electron chi connectivity index (χ0n) is 9.74. The van der Waals surface area contributed by atoms with Gasteiger partial charge in [-0.25, -0.2) is 9.78 Å². The lowest BCUT2D eigenvalue weighted by Gasteiger charge is -1.97. The number of hydrogen-bond donors (Lipinski definition) is 1. The quantitative estimate of drug-likeness (QED) is 0.567. The van der Waals surface area contributed by atoms with Crippen LogP contribution in [0, 0.1) is 0 Å². The van der Waals surface area contributed by atoms with Gasteiger partial charge >= 0.3 is 5.69 Å². The van der Waals surface area contributed by atoms with Crippen LogP contribution in [-0.4, -0.2) is 19.1 Å². The molecule has 0 spiro atoms. The Morgan fingerprint density at radius 1 is 1.62 bits per heavy atom. The lowest BCUT2D eigenvalue weighted by atomic mass is 10.5. The first-order valence-electron chi connectivity index (χ1n) is 4.99. The van der Waals surface area contributed by atoms with Crippen molar-refractivity contribution in [3.63, 3.8) is 0 Å². The Hall–Kier alpha value is -1.85.